The predicted octanol–water partition coefficient (Wildman–Crippen LogP) is -0.650. The number of likely N-dealkylation sites (N-methyl/N-ethyl adjacent to an activating group) is 2. The highest BCUT2D eigenvalue weighted by Crippen LogP contribution is 2.07. The van der Waals surface area contributed by atoms with Crippen LogP contribution in [0.4, 0.5) is 0 Å². The van der Waals surface area contributed by atoms with Crippen LogP contribution in [0.3, 0.4) is 0 Å². The summed E-state index contributed by atoms with van der Waals surface area (Å²) in [6.45, 7) is 4.41. The van der Waals surface area contributed by atoms with Gasteiger partial charge >= 0.3 is 0 Å². The van der Waals surface area contributed by atoms with E-state index in [9.17, 15) is 9.59 Å². The number of hydrogen-bond donors (Lipinski definition) is 2. The van der Waals surface area contributed by atoms with Crippen molar-refractivity contribution in [3.05, 3.63) is 0 Å². The Morgan fingerprint density at radius 1 is 1.39 bits per heavy atom. The molecule has 1 fully saturated rings. The topological polar surface area (TPSA) is 70.7 Å². The minimum Gasteiger partial charge on any atom is -0.368 e. The Labute approximate surface area is 108 Å². The van der Waals surface area contributed by atoms with Crippen molar-refractivity contribution >= 4 is 11.8 Å². The molecule has 0 aromatic heterocycles. The monoisotopic (exact) mass is 257 g/mol. The van der Waals surface area contributed by atoms with Gasteiger partial charge in [0.2, 0.25) is 11.8 Å². The summed E-state index contributed by atoms with van der Waals surface area (Å²) in [5.74, 6) is -0.285. The zero-order chi connectivity index (χ0) is 13.4. The molecule has 0 aliphatic carbocycles. The minimum absolute atomic E-state index is 0.0650. The number of carbonyl (C=O) groups excluding carboxylic acids is 2. The van der Waals surface area contributed by atoms with Gasteiger partial charge in [0.1, 0.15) is 6.61 Å². The molecule has 1 heterocycles. The van der Waals surface area contributed by atoms with Crippen LogP contribution in [0.25, 0.3) is 0 Å². The summed E-state index contributed by atoms with van der Waals surface area (Å²) < 4.78 is 5.58. The number of nitrogens with zero attached hydrogens (tertiary/aromatic N) is 1. The zero-order valence-electron chi connectivity index (χ0n) is 11.2. The van der Waals surface area contributed by atoms with Gasteiger partial charge in [-0.3, -0.25) is 9.59 Å². The van der Waals surface area contributed by atoms with E-state index in [2.05, 4.69) is 10.6 Å². The zero-order valence-corrected chi connectivity index (χ0v) is 11.2. The standard InChI is InChI=1S/C12H23N3O3/c1-3-15(8-11(16)13-2)12(17)9-18-10-4-6-14-7-5-10/h10,14H,3-9H2,1-2H3,(H,13,16). The number of carbonyl (C=O) groups is 2. The molecule has 0 aromatic carbocycles. The highest BCUT2D eigenvalue weighted by Gasteiger charge is 2.18. The lowest BCUT2D eigenvalue weighted by molar-refractivity contribution is -0.141. The first-order valence-corrected chi connectivity index (χ1v) is 6.48. The molecule has 1 aliphatic rings. The summed E-state index contributed by atoms with van der Waals surface area (Å²) in [5, 5.41) is 5.75. The van der Waals surface area contributed by atoms with Crippen LogP contribution in [-0.2, 0) is 14.3 Å². The van der Waals surface area contributed by atoms with E-state index >= 15 is 0 Å². The fourth-order valence-electron chi connectivity index (χ4n) is 1.87. The highest BCUT2D eigenvalue weighted by molar-refractivity contribution is 5.85. The fraction of sp³-hybridized carbons (Fsp3) is 0.833. The van der Waals surface area contributed by atoms with Crippen LogP contribution in [0.2, 0.25) is 0 Å². The molecule has 0 aromatic rings. The molecular formula is C12H23N3O3. The quantitative estimate of drug-likeness (QED) is 0.663. The van der Waals surface area contributed by atoms with E-state index in [1.165, 1.54) is 4.90 Å². The number of ether oxygens (including phenoxy) is 1. The Morgan fingerprint density at radius 3 is 2.61 bits per heavy atom. The maximum absolute atomic E-state index is 11.9. The number of amides is 2. The van der Waals surface area contributed by atoms with Crippen molar-refractivity contribution in [3.8, 4) is 0 Å². The molecule has 6 nitrogen and oxygen atoms in total. The maximum atomic E-state index is 11.9. The van der Waals surface area contributed by atoms with E-state index < -0.39 is 0 Å². The Morgan fingerprint density at radius 2 is 2.06 bits per heavy atom. The molecule has 1 aliphatic heterocycles. The molecule has 0 unspecified atom stereocenters. The average molecular weight is 257 g/mol. The lowest BCUT2D eigenvalue weighted by atomic mass is 10.1. The van der Waals surface area contributed by atoms with Crippen molar-refractivity contribution in [1.82, 2.24) is 15.5 Å². The smallest absolute Gasteiger partial charge is 0.249 e. The second-order valence-corrected chi connectivity index (χ2v) is 4.34. The van der Waals surface area contributed by atoms with Gasteiger partial charge in [0, 0.05) is 13.6 Å². The summed E-state index contributed by atoms with van der Waals surface area (Å²) >= 11 is 0. The molecule has 0 saturated carbocycles. The van der Waals surface area contributed by atoms with Crippen LogP contribution in [0, 0.1) is 0 Å². The molecule has 0 bridgehead atoms. The van der Waals surface area contributed by atoms with Gasteiger partial charge in [0.15, 0.2) is 0 Å². The molecule has 0 atom stereocenters. The molecule has 6 heteroatoms. The second kappa shape index (κ2) is 8.05. The van der Waals surface area contributed by atoms with Gasteiger partial charge in [0.05, 0.1) is 12.6 Å². The summed E-state index contributed by atoms with van der Waals surface area (Å²) in [5.41, 5.74) is 0. The SMILES string of the molecule is CCN(CC(=O)NC)C(=O)COC1CCNCC1. The average Bonchev–Trinajstić information content (AvgIpc) is 2.42. The van der Waals surface area contributed by atoms with Gasteiger partial charge in [-0.05, 0) is 32.9 Å². The third-order valence-electron chi connectivity index (χ3n) is 3.08. The van der Waals surface area contributed by atoms with Gasteiger partial charge in [0.25, 0.3) is 0 Å². The van der Waals surface area contributed by atoms with Crippen molar-refractivity contribution in [2.75, 3.05) is 39.8 Å². The Bertz CT molecular complexity index is 278. The summed E-state index contributed by atoms with van der Waals surface area (Å²) in [4.78, 5) is 24.6. The minimum atomic E-state index is -0.160. The van der Waals surface area contributed by atoms with Crippen molar-refractivity contribution < 1.29 is 14.3 Å². The van der Waals surface area contributed by atoms with Crippen molar-refractivity contribution in [1.29, 1.82) is 0 Å². The summed E-state index contributed by atoms with van der Waals surface area (Å²) in [6.07, 6.45) is 2.04. The molecule has 1 saturated heterocycles. The molecular weight excluding hydrogens is 234 g/mol. The molecule has 1 rings (SSSR count). The first-order chi connectivity index (χ1) is 8.67. The maximum Gasteiger partial charge on any atom is 0.249 e. The van der Waals surface area contributed by atoms with E-state index in [0.717, 1.165) is 25.9 Å². The van der Waals surface area contributed by atoms with Crippen LogP contribution in [-0.4, -0.2) is 62.7 Å². The number of hydrogen-bond acceptors (Lipinski definition) is 4. The number of nitrogens with one attached hydrogen (secondary N) is 2. The molecule has 0 spiro atoms. The Hall–Kier alpha value is -1.14. The molecule has 0 radical (unpaired) electrons. The molecule has 104 valence electrons. The number of rotatable bonds is 6. The third-order valence-corrected chi connectivity index (χ3v) is 3.08. The van der Waals surface area contributed by atoms with E-state index in [4.69, 9.17) is 4.74 Å². The van der Waals surface area contributed by atoms with Crippen LogP contribution >= 0.6 is 0 Å². The lowest BCUT2D eigenvalue weighted by Gasteiger charge is -2.25. The lowest BCUT2D eigenvalue weighted by Crippen LogP contribution is -2.42. The molecule has 18 heavy (non-hydrogen) atoms. The van der Waals surface area contributed by atoms with Gasteiger partial charge in [-0.15, -0.1) is 0 Å². The van der Waals surface area contributed by atoms with Gasteiger partial charge in [-0.25, -0.2) is 0 Å². The highest BCUT2D eigenvalue weighted by atomic mass is 16.5. The van der Waals surface area contributed by atoms with Crippen LogP contribution in [0.1, 0.15) is 19.8 Å². The van der Waals surface area contributed by atoms with E-state index in [1.54, 1.807) is 7.05 Å². The second-order valence-electron chi connectivity index (χ2n) is 4.34. The van der Waals surface area contributed by atoms with Gasteiger partial charge in [-0.1, -0.05) is 0 Å². The first-order valence-electron chi connectivity index (χ1n) is 6.48. The largest absolute Gasteiger partial charge is 0.368 e. The van der Waals surface area contributed by atoms with Crippen LogP contribution < -0.4 is 10.6 Å². The Balaban J connectivity index is 2.30. The van der Waals surface area contributed by atoms with E-state index in [0.29, 0.717) is 6.54 Å². The Kier molecular flexibility index (Phi) is 6.67. The van der Waals surface area contributed by atoms with Gasteiger partial charge in [-0.2, -0.15) is 0 Å². The summed E-state index contributed by atoms with van der Waals surface area (Å²) in [7, 11) is 1.56. The van der Waals surface area contributed by atoms with Crippen LogP contribution in [0.15, 0.2) is 0 Å². The van der Waals surface area contributed by atoms with Crippen molar-refractivity contribution in [2.24, 2.45) is 0 Å². The fourth-order valence-corrected chi connectivity index (χ4v) is 1.87. The molecule has 2 N–H and O–H groups in total. The third kappa shape index (κ3) is 5.01. The summed E-state index contributed by atoms with van der Waals surface area (Å²) in [6, 6.07) is 0. The van der Waals surface area contributed by atoms with Crippen LogP contribution in [0.5, 0.6) is 0 Å². The van der Waals surface area contributed by atoms with Crippen molar-refractivity contribution in [3.63, 3.8) is 0 Å². The predicted molar refractivity (Wildman–Crippen MR) is 68.2 cm³/mol. The first kappa shape index (κ1) is 14.9. The van der Waals surface area contributed by atoms with Crippen molar-refractivity contribution in [2.45, 2.75) is 25.9 Å². The van der Waals surface area contributed by atoms with E-state index in [-0.39, 0.29) is 31.1 Å². The molecule has 2 amide bonds. The normalized spacial score (nSPS) is 16.3. The van der Waals surface area contributed by atoms with Gasteiger partial charge < -0.3 is 20.3 Å². The van der Waals surface area contributed by atoms with E-state index in [1.807, 2.05) is 6.92 Å². The number of piperidine rings is 1.